The molecule has 2 bridgehead atoms. The first-order valence-corrected chi connectivity index (χ1v) is 10.9. The molecule has 2 aromatic carbocycles. The number of rotatable bonds is 4. The van der Waals surface area contributed by atoms with E-state index in [-0.39, 0.29) is 11.5 Å². The minimum absolute atomic E-state index is 0.162. The van der Waals surface area contributed by atoms with E-state index in [4.69, 9.17) is 0 Å². The average Bonchev–Trinajstić information content (AvgIpc) is 3.01. The number of aryl methyl sites for hydroxylation is 1. The summed E-state index contributed by atoms with van der Waals surface area (Å²) in [6, 6.07) is 14.6. The van der Waals surface area contributed by atoms with Crippen molar-refractivity contribution in [3.63, 3.8) is 0 Å². The molecule has 0 radical (unpaired) electrons. The molecule has 1 saturated carbocycles. The molecule has 0 aromatic heterocycles. The van der Waals surface area contributed by atoms with Gasteiger partial charge in [-0.25, -0.2) is 0 Å². The van der Waals surface area contributed by atoms with Crippen molar-refractivity contribution < 1.29 is 10.2 Å². The van der Waals surface area contributed by atoms with E-state index in [2.05, 4.69) is 54.5 Å². The Hall–Kier alpha value is -1.88. The molecule has 2 aromatic rings. The lowest BCUT2D eigenvalue weighted by atomic mass is 9.56. The summed E-state index contributed by atoms with van der Waals surface area (Å²) >= 11 is 0. The van der Waals surface area contributed by atoms with Gasteiger partial charge in [-0.3, -0.25) is 0 Å². The highest BCUT2D eigenvalue weighted by molar-refractivity contribution is 5.49. The van der Waals surface area contributed by atoms with Gasteiger partial charge in [0.2, 0.25) is 0 Å². The number of nitrogens with one attached hydrogen (secondary N) is 1. The van der Waals surface area contributed by atoms with Crippen LogP contribution in [-0.2, 0) is 18.4 Å². The fraction of sp³-hybridized carbons (Fsp3) is 0.520. The van der Waals surface area contributed by atoms with Gasteiger partial charge < -0.3 is 20.4 Å². The van der Waals surface area contributed by atoms with Crippen LogP contribution < -0.4 is 5.32 Å². The van der Waals surface area contributed by atoms with Crippen molar-refractivity contribution in [3.8, 4) is 5.75 Å². The fourth-order valence-electron chi connectivity index (χ4n) is 6.51. The van der Waals surface area contributed by atoms with Gasteiger partial charge in [0, 0.05) is 18.0 Å². The fourth-order valence-corrected chi connectivity index (χ4v) is 6.51. The Morgan fingerprint density at radius 2 is 1.93 bits per heavy atom. The van der Waals surface area contributed by atoms with Crippen molar-refractivity contribution in [2.45, 2.75) is 56.2 Å². The highest BCUT2D eigenvalue weighted by Gasteiger charge is 2.66. The van der Waals surface area contributed by atoms with Gasteiger partial charge in [-0.05, 0) is 87.5 Å². The average molecular weight is 393 g/mol. The summed E-state index contributed by atoms with van der Waals surface area (Å²) < 4.78 is 0. The quantitative estimate of drug-likeness (QED) is 0.748. The number of likely N-dealkylation sites (tertiary alicyclic amines) is 1. The van der Waals surface area contributed by atoms with E-state index < -0.39 is 5.60 Å². The van der Waals surface area contributed by atoms with Crippen molar-refractivity contribution >= 4 is 0 Å². The summed E-state index contributed by atoms with van der Waals surface area (Å²) in [7, 11) is 2.15. The molecule has 4 nitrogen and oxygen atoms in total. The molecule has 0 spiro atoms. The van der Waals surface area contributed by atoms with Crippen LogP contribution in [0, 0.1) is 12.8 Å². The van der Waals surface area contributed by atoms with E-state index in [9.17, 15) is 10.2 Å². The van der Waals surface area contributed by atoms with Crippen LogP contribution >= 0.6 is 0 Å². The summed E-state index contributed by atoms with van der Waals surface area (Å²) in [6.45, 7) is 4.90. The maximum Gasteiger partial charge on any atom is 0.115 e. The molecule has 4 unspecified atom stereocenters. The normalized spacial score (nSPS) is 33.3. The van der Waals surface area contributed by atoms with Gasteiger partial charge in [-0.15, -0.1) is 0 Å². The second kappa shape index (κ2) is 6.83. The van der Waals surface area contributed by atoms with E-state index in [1.54, 1.807) is 6.07 Å². The minimum atomic E-state index is -0.711. The largest absolute Gasteiger partial charge is 0.508 e. The zero-order valence-electron chi connectivity index (χ0n) is 17.5. The van der Waals surface area contributed by atoms with Gasteiger partial charge in [0.1, 0.15) is 5.75 Å². The first-order chi connectivity index (χ1) is 13.9. The molecule has 29 heavy (non-hydrogen) atoms. The third-order valence-corrected chi connectivity index (χ3v) is 7.95. The number of phenols is 1. The number of nitrogens with zero attached hydrogens (tertiary/aromatic N) is 1. The van der Waals surface area contributed by atoms with Crippen LogP contribution in [0.5, 0.6) is 5.75 Å². The van der Waals surface area contributed by atoms with Crippen molar-refractivity contribution in [2.24, 2.45) is 5.92 Å². The van der Waals surface area contributed by atoms with Gasteiger partial charge in [0.05, 0.1) is 5.60 Å². The van der Waals surface area contributed by atoms with Crippen molar-refractivity contribution in [1.29, 1.82) is 0 Å². The molecule has 4 atom stereocenters. The number of hydrogen-bond donors (Lipinski definition) is 3. The summed E-state index contributed by atoms with van der Waals surface area (Å²) in [5.41, 5.74) is 4.15. The minimum Gasteiger partial charge on any atom is -0.508 e. The zero-order valence-corrected chi connectivity index (χ0v) is 17.5. The Balaban J connectivity index is 1.39. The molecule has 0 amide bonds. The predicted octanol–water partition coefficient (Wildman–Crippen LogP) is 3.13. The summed E-state index contributed by atoms with van der Waals surface area (Å²) in [6.07, 6.45) is 3.65. The number of hydrogen-bond acceptors (Lipinski definition) is 4. The van der Waals surface area contributed by atoms with Gasteiger partial charge in [0.25, 0.3) is 0 Å². The van der Waals surface area contributed by atoms with Gasteiger partial charge >= 0.3 is 0 Å². The van der Waals surface area contributed by atoms with Crippen LogP contribution in [0.15, 0.2) is 42.5 Å². The number of aromatic hydroxyl groups is 1. The van der Waals surface area contributed by atoms with Crippen LogP contribution in [0.25, 0.3) is 0 Å². The molecule has 3 aliphatic rings. The van der Waals surface area contributed by atoms with Crippen LogP contribution in [0.2, 0.25) is 0 Å². The number of fused-ring (bicyclic) bond motifs is 1. The van der Waals surface area contributed by atoms with Crippen molar-refractivity contribution in [3.05, 3.63) is 64.7 Å². The lowest BCUT2D eigenvalue weighted by molar-refractivity contribution is -0.123. The molecule has 2 fully saturated rings. The number of benzene rings is 2. The Bertz CT molecular complexity index is 912. The first kappa shape index (κ1) is 19.1. The summed E-state index contributed by atoms with van der Waals surface area (Å²) in [5, 5.41) is 25.9. The van der Waals surface area contributed by atoms with Crippen LogP contribution in [-0.4, -0.2) is 46.9 Å². The molecule has 3 N–H and O–H groups in total. The third kappa shape index (κ3) is 2.92. The van der Waals surface area contributed by atoms with Crippen molar-refractivity contribution in [1.82, 2.24) is 10.2 Å². The summed E-state index contributed by atoms with van der Waals surface area (Å²) in [4.78, 5) is 2.36. The molecule has 2 aliphatic carbocycles. The standard InChI is InChI=1S/C25H32N2O2/c1-17-3-5-18(6-4-17)15-26-16-19-13-24-9-10-27(2)23(25(24,29)14-19)11-20-7-8-21(28)12-22(20)24/h3-8,12,19,23,26,28-29H,9-11,13-16H2,1-2H3. The van der Waals surface area contributed by atoms with E-state index in [0.717, 1.165) is 45.3 Å². The Morgan fingerprint density at radius 1 is 1.14 bits per heavy atom. The molecule has 154 valence electrons. The van der Waals surface area contributed by atoms with Gasteiger partial charge in [-0.2, -0.15) is 0 Å². The number of likely N-dealkylation sites (N-methyl/N-ethyl adjacent to an activating group) is 1. The molecular formula is C25H32N2O2. The Labute approximate surface area is 173 Å². The lowest BCUT2D eigenvalue weighted by Crippen LogP contribution is -2.68. The molecule has 1 saturated heterocycles. The van der Waals surface area contributed by atoms with Crippen LogP contribution in [0.1, 0.15) is 41.5 Å². The van der Waals surface area contributed by atoms with Gasteiger partial charge in [-0.1, -0.05) is 35.9 Å². The Morgan fingerprint density at radius 3 is 2.72 bits per heavy atom. The predicted molar refractivity (Wildman–Crippen MR) is 115 cm³/mol. The maximum atomic E-state index is 12.1. The third-order valence-electron chi connectivity index (χ3n) is 7.95. The maximum absolute atomic E-state index is 12.1. The van der Waals surface area contributed by atoms with E-state index in [1.807, 2.05) is 6.07 Å². The highest BCUT2D eigenvalue weighted by Crippen LogP contribution is 2.61. The zero-order chi connectivity index (χ0) is 20.2. The number of aliphatic hydroxyl groups is 1. The molecule has 1 heterocycles. The lowest BCUT2D eigenvalue weighted by Gasteiger charge is -2.58. The second-order valence-corrected chi connectivity index (χ2v) is 9.69. The molecular weight excluding hydrogens is 360 g/mol. The monoisotopic (exact) mass is 392 g/mol. The van der Waals surface area contributed by atoms with E-state index in [0.29, 0.717) is 11.7 Å². The second-order valence-electron chi connectivity index (χ2n) is 9.69. The van der Waals surface area contributed by atoms with Crippen LogP contribution in [0.4, 0.5) is 0 Å². The molecule has 1 aliphatic heterocycles. The highest BCUT2D eigenvalue weighted by atomic mass is 16.3. The smallest absolute Gasteiger partial charge is 0.115 e. The van der Waals surface area contributed by atoms with E-state index >= 15 is 0 Å². The van der Waals surface area contributed by atoms with Gasteiger partial charge in [0.15, 0.2) is 0 Å². The van der Waals surface area contributed by atoms with E-state index in [1.165, 1.54) is 22.3 Å². The Kier molecular flexibility index (Phi) is 4.50. The van der Waals surface area contributed by atoms with Crippen molar-refractivity contribution in [2.75, 3.05) is 20.1 Å². The topological polar surface area (TPSA) is 55.7 Å². The number of piperidine rings is 1. The summed E-state index contributed by atoms with van der Waals surface area (Å²) in [5.74, 6) is 0.756. The van der Waals surface area contributed by atoms with Crippen LogP contribution in [0.3, 0.4) is 0 Å². The SMILES string of the molecule is Cc1ccc(CNCC2CC34CCN(C)C(Cc5ccc(O)cc53)C4(O)C2)cc1. The number of phenolic OH excluding ortho intramolecular Hbond substituents is 1. The first-order valence-electron chi connectivity index (χ1n) is 10.9. The molecule has 5 rings (SSSR count). The molecule has 4 heteroatoms.